The first-order valence-electron chi connectivity index (χ1n) is 6.40. The predicted octanol–water partition coefficient (Wildman–Crippen LogP) is 2.41. The molecule has 116 valence electrons. The maximum Gasteiger partial charge on any atom is 0.359 e. The summed E-state index contributed by atoms with van der Waals surface area (Å²) >= 11 is 5.88. The Morgan fingerprint density at radius 2 is 2.09 bits per heavy atom. The number of halogens is 2. The molecule has 1 atom stereocenters. The first-order chi connectivity index (χ1) is 10.4. The van der Waals surface area contributed by atoms with Gasteiger partial charge in [-0.3, -0.25) is 4.68 Å². The van der Waals surface area contributed by atoms with E-state index in [1.165, 1.54) is 35.1 Å². The number of aromatic nitrogens is 2. The Labute approximate surface area is 131 Å². The molecule has 2 rings (SSSR count). The molecule has 0 saturated heterocycles. The number of aryl methyl sites for hydroxylation is 1. The number of amidine groups is 1. The molecule has 22 heavy (non-hydrogen) atoms. The molecular weight excluding hydrogens is 311 g/mol. The van der Waals surface area contributed by atoms with Gasteiger partial charge in [0.2, 0.25) is 0 Å². The third-order valence-electron chi connectivity index (χ3n) is 2.97. The standard InChI is InChI=1S/C14H14ClFN4O2/c1-8-12(15)7-20(18-8)9(2)14(21)22-19-13(17)10-3-5-11(16)6-4-10/h3-7,9H,1-2H3,(H2,17,19). The van der Waals surface area contributed by atoms with Crippen LogP contribution in [0, 0.1) is 12.7 Å². The summed E-state index contributed by atoms with van der Waals surface area (Å²) in [5, 5.41) is 8.09. The van der Waals surface area contributed by atoms with Crippen LogP contribution in [0.15, 0.2) is 35.6 Å². The zero-order valence-corrected chi connectivity index (χ0v) is 12.7. The van der Waals surface area contributed by atoms with E-state index in [0.29, 0.717) is 16.3 Å². The van der Waals surface area contributed by atoms with Crippen LogP contribution in [0.4, 0.5) is 4.39 Å². The average molecular weight is 325 g/mol. The van der Waals surface area contributed by atoms with Crippen molar-refractivity contribution >= 4 is 23.4 Å². The molecule has 1 unspecified atom stereocenters. The van der Waals surface area contributed by atoms with E-state index in [1.54, 1.807) is 13.8 Å². The van der Waals surface area contributed by atoms with Crippen LogP contribution in [0.3, 0.4) is 0 Å². The van der Waals surface area contributed by atoms with Gasteiger partial charge in [-0.25, -0.2) is 9.18 Å². The Kier molecular flexibility index (Phi) is 4.77. The molecular formula is C14H14ClFN4O2. The molecule has 0 radical (unpaired) electrons. The number of benzene rings is 1. The van der Waals surface area contributed by atoms with Crippen molar-refractivity contribution in [2.75, 3.05) is 0 Å². The zero-order chi connectivity index (χ0) is 16.3. The quantitative estimate of drug-likeness (QED) is 0.405. The van der Waals surface area contributed by atoms with Crippen molar-refractivity contribution in [3.63, 3.8) is 0 Å². The number of hydrogen-bond acceptors (Lipinski definition) is 4. The van der Waals surface area contributed by atoms with Gasteiger partial charge in [0, 0.05) is 11.8 Å². The molecule has 0 fully saturated rings. The van der Waals surface area contributed by atoms with Crippen molar-refractivity contribution in [2.45, 2.75) is 19.9 Å². The number of nitrogens with two attached hydrogens (primary N) is 1. The molecule has 0 amide bonds. The Morgan fingerprint density at radius 1 is 1.45 bits per heavy atom. The van der Waals surface area contributed by atoms with Crippen LogP contribution in [0.2, 0.25) is 5.02 Å². The van der Waals surface area contributed by atoms with Crippen LogP contribution in [-0.4, -0.2) is 21.6 Å². The molecule has 1 heterocycles. The maximum absolute atomic E-state index is 12.8. The first kappa shape index (κ1) is 16.0. The summed E-state index contributed by atoms with van der Waals surface area (Å²) in [6.07, 6.45) is 1.52. The van der Waals surface area contributed by atoms with Gasteiger partial charge in [-0.15, -0.1) is 0 Å². The number of carbonyl (C=O) groups excluding carboxylic acids is 1. The van der Waals surface area contributed by atoms with Gasteiger partial charge in [-0.05, 0) is 38.1 Å². The normalized spacial score (nSPS) is 13.0. The molecule has 0 spiro atoms. The summed E-state index contributed by atoms with van der Waals surface area (Å²) in [7, 11) is 0. The van der Waals surface area contributed by atoms with E-state index >= 15 is 0 Å². The zero-order valence-electron chi connectivity index (χ0n) is 12.0. The number of oxime groups is 1. The fourth-order valence-corrected chi connectivity index (χ4v) is 1.75. The van der Waals surface area contributed by atoms with Crippen molar-refractivity contribution in [1.29, 1.82) is 0 Å². The molecule has 0 aliphatic heterocycles. The van der Waals surface area contributed by atoms with E-state index in [-0.39, 0.29) is 5.84 Å². The molecule has 1 aromatic heterocycles. The van der Waals surface area contributed by atoms with Crippen LogP contribution in [0.5, 0.6) is 0 Å². The second-order valence-electron chi connectivity index (χ2n) is 4.61. The van der Waals surface area contributed by atoms with Crippen LogP contribution < -0.4 is 5.73 Å². The number of carbonyl (C=O) groups is 1. The molecule has 6 nitrogen and oxygen atoms in total. The van der Waals surface area contributed by atoms with Crippen LogP contribution >= 0.6 is 11.6 Å². The van der Waals surface area contributed by atoms with Crippen LogP contribution in [0.1, 0.15) is 24.2 Å². The SMILES string of the molecule is Cc1nn(C(C)C(=O)O/N=C(\N)c2ccc(F)cc2)cc1Cl. The second kappa shape index (κ2) is 6.57. The van der Waals surface area contributed by atoms with Crippen molar-refractivity contribution in [1.82, 2.24) is 9.78 Å². The van der Waals surface area contributed by atoms with E-state index in [4.69, 9.17) is 22.2 Å². The molecule has 1 aromatic carbocycles. The number of rotatable bonds is 4. The third kappa shape index (κ3) is 3.62. The monoisotopic (exact) mass is 324 g/mol. The molecule has 0 saturated carbocycles. The number of hydrogen-bond donors (Lipinski definition) is 1. The van der Waals surface area contributed by atoms with Gasteiger partial charge in [-0.2, -0.15) is 5.10 Å². The lowest BCUT2D eigenvalue weighted by molar-refractivity contribution is -0.147. The maximum atomic E-state index is 12.8. The molecule has 2 N–H and O–H groups in total. The van der Waals surface area contributed by atoms with Gasteiger partial charge in [0.25, 0.3) is 0 Å². The third-order valence-corrected chi connectivity index (χ3v) is 3.34. The van der Waals surface area contributed by atoms with Gasteiger partial charge >= 0.3 is 5.97 Å². The van der Waals surface area contributed by atoms with E-state index in [0.717, 1.165) is 0 Å². The smallest absolute Gasteiger partial charge is 0.359 e. The van der Waals surface area contributed by atoms with E-state index in [1.807, 2.05) is 0 Å². The van der Waals surface area contributed by atoms with E-state index in [2.05, 4.69) is 10.3 Å². The second-order valence-corrected chi connectivity index (χ2v) is 5.02. The fourth-order valence-electron chi connectivity index (χ4n) is 1.61. The van der Waals surface area contributed by atoms with Crippen LogP contribution in [-0.2, 0) is 9.63 Å². The van der Waals surface area contributed by atoms with Crippen molar-refractivity contribution < 1.29 is 14.0 Å². The Morgan fingerprint density at radius 3 is 2.64 bits per heavy atom. The number of nitrogens with zero attached hydrogens (tertiary/aromatic N) is 3. The van der Waals surface area contributed by atoms with E-state index in [9.17, 15) is 9.18 Å². The Bertz CT molecular complexity index is 693. The predicted molar refractivity (Wildman–Crippen MR) is 79.9 cm³/mol. The molecule has 8 heteroatoms. The highest BCUT2D eigenvalue weighted by atomic mass is 35.5. The van der Waals surface area contributed by atoms with Crippen molar-refractivity contribution in [3.8, 4) is 0 Å². The largest absolute Gasteiger partial charge is 0.380 e. The summed E-state index contributed by atoms with van der Waals surface area (Å²) in [4.78, 5) is 16.7. The van der Waals surface area contributed by atoms with Gasteiger partial charge in [-0.1, -0.05) is 16.8 Å². The summed E-state index contributed by atoms with van der Waals surface area (Å²) in [6.45, 7) is 3.32. The van der Waals surface area contributed by atoms with Gasteiger partial charge in [0.05, 0.1) is 10.7 Å². The van der Waals surface area contributed by atoms with Gasteiger partial charge < -0.3 is 10.6 Å². The highest BCUT2D eigenvalue weighted by molar-refractivity contribution is 6.31. The first-order valence-corrected chi connectivity index (χ1v) is 6.78. The molecule has 0 aliphatic rings. The molecule has 0 aliphatic carbocycles. The average Bonchev–Trinajstić information content (AvgIpc) is 2.84. The minimum Gasteiger partial charge on any atom is -0.380 e. The summed E-state index contributed by atoms with van der Waals surface area (Å²) in [5.41, 5.74) is 6.72. The lowest BCUT2D eigenvalue weighted by Crippen LogP contribution is -2.20. The Balaban J connectivity index is 2.05. The van der Waals surface area contributed by atoms with Gasteiger partial charge in [0.1, 0.15) is 11.9 Å². The highest BCUT2D eigenvalue weighted by Crippen LogP contribution is 2.16. The lowest BCUT2D eigenvalue weighted by Gasteiger charge is -2.08. The molecule has 0 bridgehead atoms. The minimum absolute atomic E-state index is 0.0322. The fraction of sp³-hybridized carbons (Fsp3) is 0.214. The van der Waals surface area contributed by atoms with Crippen molar-refractivity contribution in [2.24, 2.45) is 10.9 Å². The van der Waals surface area contributed by atoms with E-state index < -0.39 is 17.8 Å². The van der Waals surface area contributed by atoms with Crippen molar-refractivity contribution in [3.05, 3.63) is 52.6 Å². The Hall–Kier alpha value is -2.41. The van der Waals surface area contributed by atoms with Gasteiger partial charge in [0.15, 0.2) is 5.84 Å². The summed E-state index contributed by atoms with van der Waals surface area (Å²) in [5.74, 6) is -1.08. The summed E-state index contributed by atoms with van der Waals surface area (Å²) in [6, 6.07) is 4.62. The topological polar surface area (TPSA) is 82.5 Å². The highest BCUT2D eigenvalue weighted by Gasteiger charge is 2.19. The minimum atomic E-state index is -0.712. The van der Waals surface area contributed by atoms with Crippen LogP contribution in [0.25, 0.3) is 0 Å². The lowest BCUT2D eigenvalue weighted by atomic mass is 10.2. The molecule has 2 aromatic rings. The summed E-state index contributed by atoms with van der Waals surface area (Å²) < 4.78 is 14.2.